The first kappa shape index (κ1) is 29.0. The summed E-state index contributed by atoms with van der Waals surface area (Å²) >= 11 is 0. The largest absolute Gasteiger partial charge is 0.459 e. The average Bonchev–Trinajstić information content (AvgIpc) is 2.69. The van der Waals surface area contributed by atoms with Crippen LogP contribution >= 0.6 is 7.60 Å². The van der Waals surface area contributed by atoms with Crippen LogP contribution in [0.2, 0.25) is 0 Å². The Morgan fingerprint density at radius 1 is 0.742 bits per heavy atom. The molecule has 31 heavy (non-hydrogen) atoms. The molecule has 13 heteroatoms. The van der Waals surface area contributed by atoms with Crippen LogP contribution in [0.4, 0.5) is 0 Å². The second kappa shape index (κ2) is 14.1. The molecule has 0 aliphatic heterocycles. The number of ether oxygens (including phenoxy) is 5. The lowest BCUT2D eigenvalue weighted by Crippen LogP contribution is -2.33. The predicted octanol–water partition coefficient (Wildman–Crippen LogP) is 1.24. The summed E-state index contributed by atoms with van der Waals surface area (Å²) in [5.74, 6) is -3.39. The van der Waals surface area contributed by atoms with Crippen molar-refractivity contribution in [3.63, 3.8) is 0 Å². The van der Waals surface area contributed by atoms with E-state index in [0.717, 1.165) is 0 Å². The topological polar surface area (TPSA) is 150 Å². The Bertz CT molecular complexity index is 664. The van der Waals surface area contributed by atoms with Crippen molar-refractivity contribution in [1.82, 2.24) is 0 Å². The minimum atomic E-state index is -3.43. The van der Waals surface area contributed by atoms with Crippen LogP contribution < -0.4 is 0 Å². The lowest BCUT2D eigenvalue weighted by atomic mass is 10.4. The van der Waals surface area contributed by atoms with Gasteiger partial charge in [0.25, 0.3) is 0 Å². The maximum atomic E-state index is 11.9. The number of methoxy groups -OCH3 is 1. The molecule has 0 aromatic heterocycles. The third kappa shape index (κ3) is 11.8. The van der Waals surface area contributed by atoms with E-state index in [2.05, 4.69) is 0 Å². The number of hydrogen-bond donors (Lipinski definition) is 0. The fourth-order valence-corrected chi connectivity index (χ4v) is 3.04. The first-order valence-corrected chi connectivity index (χ1v) is 11.5. The van der Waals surface area contributed by atoms with Gasteiger partial charge in [0.15, 0.2) is 24.4 Å². The van der Waals surface area contributed by atoms with Gasteiger partial charge in [-0.2, -0.15) is 0 Å². The Kier molecular flexibility index (Phi) is 13.2. The summed E-state index contributed by atoms with van der Waals surface area (Å²) in [7, 11) is -2.11. The van der Waals surface area contributed by atoms with Gasteiger partial charge in [-0.3, -0.25) is 9.09 Å². The maximum absolute atomic E-state index is 11.9. The molecule has 0 spiro atoms. The van der Waals surface area contributed by atoms with Crippen molar-refractivity contribution >= 4 is 31.5 Å². The minimum Gasteiger partial charge on any atom is -0.459 e. The standard InChI is InChI=1S/C18H31O12P/c1-8-27-31(7,23)30-14(5)18(22)29-13(4)16(20)26-10-9-25-15(19)12(3)28-17(21)11(2)24-6/h11-14H,8-10H2,1-7H3. The molecule has 180 valence electrons. The Balaban J connectivity index is 4.29. The van der Waals surface area contributed by atoms with Crippen LogP contribution in [0, 0.1) is 0 Å². The van der Waals surface area contributed by atoms with Gasteiger partial charge in [0, 0.05) is 13.8 Å². The average molecular weight is 470 g/mol. The van der Waals surface area contributed by atoms with Crippen molar-refractivity contribution in [3.05, 3.63) is 0 Å². The SMILES string of the molecule is CCOP(C)(=O)OC(C)C(=O)OC(C)C(=O)OCCOC(=O)C(C)OC(=O)C(C)OC. The van der Waals surface area contributed by atoms with Crippen molar-refractivity contribution in [1.29, 1.82) is 0 Å². The van der Waals surface area contributed by atoms with E-state index in [1.54, 1.807) is 6.92 Å². The van der Waals surface area contributed by atoms with Crippen LogP contribution in [0.25, 0.3) is 0 Å². The van der Waals surface area contributed by atoms with Gasteiger partial charge in [-0.15, -0.1) is 0 Å². The molecule has 12 nitrogen and oxygen atoms in total. The van der Waals surface area contributed by atoms with Gasteiger partial charge in [-0.05, 0) is 34.6 Å². The summed E-state index contributed by atoms with van der Waals surface area (Å²) < 4.78 is 46.0. The van der Waals surface area contributed by atoms with Crippen LogP contribution in [0.1, 0.15) is 34.6 Å². The number of carbonyl (C=O) groups is 4. The highest BCUT2D eigenvalue weighted by molar-refractivity contribution is 7.53. The second-order valence-electron chi connectivity index (χ2n) is 6.31. The summed E-state index contributed by atoms with van der Waals surface area (Å²) in [5, 5.41) is 0. The van der Waals surface area contributed by atoms with Crippen LogP contribution in [-0.4, -0.2) is 81.9 Å². The van der Waals surface area contributed by atoms with Crippen LogP contribution in [0.3, 0.4) is 0 Å². The van der Waals surface area contributed by atoms with Crippen molar-refractivity contribution in [2.75, 3.05) is 33.6 Å². The number of carbonyl (C=O) groups excluding carboxylic acids is 4. The maximum Gasteiger partial charge on any atom is 0.347 e. The zero-order valence-electron chi connectivity index (χ0n) is 18.8. The Morgan fingerprint density at radius 2 is 1.16 bits per heavy atom. The molecule has 0 saturated carbocycles. The molecule has 0 saturated heterocycles. The monoisotopic (exact) mass is 470 g/mol. The number of hydrogen-bond acceptors (Lipinski definition) is 12. The smallest absolute Gasteiger partial charge is 0.347 e. The quantitative estimate of drug-likeness (QED) is 0.155. The third-order valence-corrected chi connectivity index (χ3v) is 4.98. The van der Waals surface area contributed by atoms with E-state index in [-0.39, 0.29) is 19.8 Å². The van der Waals surface area contributed by atoms with Crippen LogP contribution in [-0.2, 0) is 56.5 Å². The molecule has 0 heterocycles. The molecule has 0 aliphatic rings. The predicted molar refractivity (Wildman–Crippen MR) is 105 cm³/mol. The molecule has 0 aromatic rings. The zero-order chi connectivity index (χ0) is 24.2. The Hall–Kier alpha value is -2.01. The summed E-state index contributed by atoms with van der Waals surface area (Å²) in [6.45, 7) is 7.69. The molecule has 0 aromatic carbocycles. The van der Waals surface area contributed by atoms with Gasteiger partial charge >= 0.3 is 31.5 Å². The normalized spacial score (nSPS) is 16.7. The Labute approximate surface area is 181 Å². The van der Waals surface area contributed by atoms with Crippen LogP contribution in [0.5, 0.6) is 0 Å². The van der Waals surface area contributed by atoms with E-state index in [4.69, 9.17) is 32.7 Å². The lowest BCUT2D eigenvalue weighted by Gasteiger charge is -2.19. The van der Waals surface area contributed by atoms with E-state index in [9.17, 15) is 23.7 Å². The van der Waals surface area contributed by atoms with Gasteiger partial charge in [-0.1, -0.05) is 0 Å². The van der Waals surface area contributed by atoms with Gasteiger partial charge in [-0.25, -0.2) is 19.2 Å². The summed E-state index contributed by atoms with van der Waals surface area (Å²) in [4.78, 5) is 47.1. The molecule has 0 fully saturated rings. The molecule has 5 unspecified atom stereocenters. The molecular weight excluding hydrogens is 439 g/mol. The van der Waals surface area contributed by atoms with E-state index in [0.29, 0.717) is 0 Å². The van der Waals surface area contributed by atoms with Crippen LogP contribution in [0.15, 0.2) is 0 Å². The fraction of sp³-hybridized carbons (Fsp3) is 0.778. The molecule has 0 rings (SSSR count). The van der Waals surface area contributed by atoms with Crippen molar-refractivity contribution in [3.8, 4) is 0 Å². The van der Waals surface area contributed by atoms with Crippen molar-refractivity contribution < 1.29 is 56.5 Å². The van der Waals surface area contributed by atoms with E-state index in [1.165, 1.54) is 41.5 Å². The summed E-state index contributed by atoms with van der Waals surface area (Å²) in [5.41, 5.74) is 0. The highest BCUT2D eigenvalue weighted by Crippen LogP contribution is 2.45. The van der Waals surface area contributed by atoms with E-state index >= 15 is 0 Å². The molecular formula is C18H31O12P. The second-order valence-corrected chi connectivity index (χ2v) is 8.32. The van der Waals surface area contributed by atoms with E-state index in [1.807, 2.05) is 0 Å². The summed E-state index contributed by atoms with van der Waals surface area (Å²) in [6, 6.07) is 0. The van der Waals surface area contributed by atoms with Gasteiger partial charge in [0.2, 0.25) is 0 Å². The third-order valence-electron chi connectivity index (χ3n) is 3.55. The van der Waals surface area contributed by atoms with Crippen molar-refractivity contribution in [2.24, 2.45) is 0 Å². The highest BCUT2D eigenvalue weighted by atomic mass is 31.2. The first-order valence-electron chi connectivity index (χ1n) is 9.52. The van der Waals surface area contributed by atoms with Crippen molar-refractivity contribution in [2.45, 2.75) is 59.0 Å². The lowest BCUT2D eigenvalue weighted by molar-refractivity contribution is -0.176. The first-order chi connectivity index (χ1) is 14.3. The number of rotatable bonds is 14. The summed E-state index contributed by atoms with van der Waals surface area (Å²) in [6.07, 6.45) is -4.53. The number of esters is 4. The molecule has 0 N–H and O–H groups in total. The molecule has 5 atom stereocenters. The van der Waals surface area contributed by atoms with Gasteiger partial charge in [0.1, 0.15) is 13.2 Å². The zero-order valence-corrected chi connectivity index (χ0v) is 19.7. The fourth-order valence-electron chi connectivity index (χ4n) is 1.85. The van der Waals surface area contributed by atoms with Gasteiger partial charge in [0.05, 0.1) is 6.61 Å². The highest BCUT2D eigenvalue weighted by Gasteiger charge is 2.29. The molecule has 0 aliphatic carbocycles. The Morgan fingerprint density at radius 3 is 1.55 bits per heavy atom. The van der Waals surface area contributed by atoms with E-state index < -0.39 is 55.9 Å². The molecule has 0 bridgehead atoms. The van der Waals surface area contributed by atoms with Gasteiger partial charge < -0.3 is 28.2 Å². The minimum absolute atomic E-state index is 0.135. The molecule has 0 amide bonds. The molecule has 0 radical (unpaired) electrons.